The molecular formula is C22H27Cl2N3O3S. The molecule has 168 valence electrons. The van der Waals surface area contributed by atoms with Gasteiger partial charge in [0, 0.05) is 37.6 Å². The second-order valence-corrected chi connectivity index (χ2v) is 9.57. The summed E-state index contributed by atoms with van der Waals surface area (Å²) < 4.78 is 4.92. The standard InChI is InChI=1S/C22H27Cl2N3O3S/c1-4-16-14(2)31-21(20(16)22(29)30-3)25-19(28)13-27-9-7-26(8-10-27)12-15-5-6-17(23)18(24)11-15/h5-6,11H,4,7-10,12-13H2,1-3H3,(H,25,28). The van der Waals surface area contributed by atoms with Crippen LogP contribution in [0, 0.1) is 6.92 Å². The van der Waals surface area contributed by atoms with Crippen LogP contribution in [-0.4, -0.2) is 61.5 Å². The number of aryl methyl sites for hydroxylation is 1. The lowest BCUT2D eigenvalue weighted by atomic mass is 10.1. The van der Waals surface area contributed by atoms with Crippen LogP contribution in [0.15, 0.2) is 18.2 Å². The van der Waals surface area contributed by atoms with Crippen molar-refractivity contribution in [1.29, 1.82) is 0 Å². The van der Waals surface area contributed by atoms with Crippen LogP contribution in [0.5, 0.6) is 0 Å². The van der Waals surface area contributed by atoms with Gasteiger partial charge in [-0.2, -0.15) is 0 Å². The highest BCUT2D eigenvalue weighted by Gasteiger charge is 2.24. The van der Waals surface area contributed by atoms with E-state index in [1.807, 2.05) is 32.0 Å². The average Bonchev–Trinajstić information content (AvgIpc) is 3.06. The second kappa shape index (κ2) is 10.8. The SMILES string of the molecule is CCc1c(C)sc(NC(=O)CN2CCN(Cc3ccc(Cl)c(Cl)c3)CC2)c1C(=O)OC. The van der Waals surface area contributed by atoms with E-state index in [0.29, 0.717) is 33.6 Å². The summed E-state index contributed by atoms with van der Waals surface area (Å²) in [4.78, 5) is 30.4. The predicted octanol–water partition coefficient (Wildman–Crippen LogP) is 4.47. The Labute approximate surface area is 197 Å². The third-order valence-electron chi connectivity index (χ3n) is 5.43. The van der Waals surface area contributed by atoms with Crippen molar-refractivity contribution in [3.63, 3.8) is 0 Å². The molecular weight excluding hydrogens is 457 g/mol. The number of hydrogen-bond acceptors (Lipinski definition) is 6. The Kier molecular flexibility index (Phi) is 8.36. The first kappa shape index (κ1) is 24.0. The van der Waals surface area contributed by atoms with Gasteiger partial charge in [0.25, 0.3) is 0 Å². The number of amides is 1. The van der Waals surface area contributed by atoms with Crippen molar-refractivity contribution in [1.82, 2.24) is 9.80 Å². The summed E-state index contributed by atoms with van der Waals surface area (Å²) in [5, 5.41) is 4.63. The highest BCUT2D eigenvalue weighted by molar-refractivity contribution is 7.16. The van der Waals surface area contributed by atoms with Crippen molar-refractivity contribution in [3.05, 3.63) is 49.8 Å². The van der Waals surface area contributed by atoms with Crippen LogP contribution >= 0.6 is 34.5 Å². The molecule has 2 aromatic rings. The van der Waals surface area contributed by atoms with E-state index in [9.17, 15) is 9.59 Å². The summed E-state index contributed by atoms with van der Waals surface area (Å²) in [7, 11) is 1.36. The lowest BCUT2D eigenvalue weighted by Crippen LogP contribution is -2.48. The van der Waals surface area contributed by atoms with Gasteiger partial charge in [-0.1, -0.05) is 36.2 Å². The van der Waals surface area contributed by atoms with Crippen LogP contribution in [0.3, 0.4) is 0 Å². The maximum atomic E-state index is 12.7. The molecule has 1 aliphatic rings. The van der Waals surface area contributed by atoms with Gasteiger partial charge in [-0.25, -0.2) is 4.79 Å². The molecule has 0 radical (unpaired) electrons. The van der Waals surface area contributed by atoms with Crippen molar-refractivity contribution in [2.75, 3.05) is 45.2 Å². The lowest BCUT2D eigenvalue weighted by molar-refractivity contribution is -0.117. The number of carbonyl (C=O) groups excluding carboxylic acids is 2. The van der Waals surface area contributed by atoms with Crippen LogP contribution in [0.25, 0.3) is 0 Å². The smallest absolute Gasteiger partial charge is 0.341 e. The molecule has 0 unspecified atom stereocenters. The predicted molar refractivity (Wildman–Crippen MR) is 127 cm³/mol. The molecule has 2 heterocycles. The lowest BCUT2D eigenvalue weighted by Gasteiger charge is -2.34. The molecule has 1 N–H and O–H groups in total. The van der Waals surface area contributed by atoms with Gasteiger partial charge in [-0.05, 0) is 36.6 Å². The normalized spacial score (nSPS) is 15.1. The Morgan fingerprint density at radius 2 is 1.81 bits per heavy atom. The third kappa shape index (κ3) is 5.99. The number of rotatable bonds is 7. The number of carbonyl (C=O) groups is 2. The van der Waals surface area contributed by atoms with Crippen LogP contribution in [0.1, 0.15) is 33.3 Å². The summed E-state index contributed by atoms with van der Waals surface area (Å²) in [6.45, 7) is 8.35. The zero-order chi connectivity index (χ0) is 22.5. The van der Waals surface area contributed by atoms with Crippen LogP contribution in [0.2, 0.25) is 10.0 Å². The van der Waals surface area contributed by atoms with E-state index in [1.165, 1.54) is 18.4 Å². The van der Waals surface area contributed by atoms with Gasteiger partial charge in [0.05, 0.1) is 29.3 Å². The van der Waals surface area contributed by atoms with Crippen molar-refractivity contribution in [2.24, 2.45) is 0 Å². The summed E-state index contributed by atoms with van der Waals surface area (Å²) >= 11 is 13.5. The molecule has 0 bridgehead atoms. The maximum absolute atomic E-state index is 12.7. The molecule has 1 aromatic carbocycles. The second-order valence-electron chi connectivity index (χ2n) is 7.53. The molecule has 0 atom stereocenters. The van der Waals surface area contributed by atoms with Crippen molar-refractivity contribution in [2.45, 2.75) is 26.8 Å². The van der Waals surface area contributed by atoms with E-state index in [2.05, 4.69) is 15.1 Å². The van der Waals surface area contributed by atoms with Crippen molar-refractivity contribution in [3.8, 4) is 0 Å². The third-order valence-corrected chi connectivity index (χ3v) is 7.23. The summed E-state index contributed by atoms with van der Waals surface area (Å²) in [6, 6.07) is 5.70. The molecule has 0 aliphatic carbocycles. The van der Waals surface area contributed by atoms with E-state index in [1.54, 1.807) is 0 Å². The number of thiophene rings is 1. The topological polar surface area (TPSA) is 61.9 Å². The summed E-state index contributed by atoms with van der Waals surface area (Å²) in [5.74, 6) is -0.528. The monoisotopic (exact) mass is 483 g/mol. The summed E-state index contributed by atoms with van der Waals surface area (Å²) in [5.41, 5.74) is 2.53. The van der Waals surface area contributed by atoms with Gasteiger partial charge in [0.2, 0.25) is 5.91 Å². The van der Waals surface area contributed by atoms with Crippen LogP contribution in [0.4, 0.5) is 5.00 Å². The first-order valence-corrected chi connectivity index (χ1v) is 11.8. The van der Waals surface area contributed by atoms with Crippen LogP contribution < -0.4 is 5.32 Å². The van der Waals surface area contributed by atoms with Gasteiger partial charge < -0.3 is 10.1 Å². The number of esters is 1. The van der Waals surface area contributed by atoms with Crippen LogP contribution in [-0.2, 0) is 22.5 Å². The van der Waals surface area contributed by atoms with Crippen molar-refractivity contribution < 1.29 is 14.3 Å². The Balaban J connectivity index is 1.53. The molecule has 1 aliphatic heterocycles. The van der Waals surface area contributed by atoms with Gasteiger partial charge in [-0.3, -0.25) is 14.6 Å². The first-order valence-electron chi connectivity index (χ1n) is 10.2. The maximum Gasteiger partial charge on any atom is 0.341 e. The number of piperazine rings is 1. The molecule has 3 rings (SSSR count). The molecule has 1 amide bonds. The zero-order valence-corrected chi connectivity index (χ0v) is 20.3. The number of nitrogens with one attached hydrogen (secondary N) is 1. The van der Waals surface area contributed by atoms with E-state index in [0.717, 1.165) is 48.7 Å². The number of benzene rings is 1. The van der Waals surface area contributed by atoms with Gasteiger partial charge in [-0.15, -0.1) is 11.3 Å². The largest absolute Gasteiger partial charge is 0.465 e. The Morgan fingerprint density at radius 3 is 2.42 bits per heavy atom. The minimum atomic E-state index is -0.410. The first-order chi connectivity index (χ1) is 14.8. The number of ether oxygens (including phenoxy) is 1. The average molecular weight is 484 g/mol. The molecule has 1 saturated heterocycles. The number of methoxy groups -OCH3 is 1. The quantitative estimate of drug-likeness (QED) is 0.588. The van der Waals surface area contributed by atoms with E-state index in [4.69, 9.17) is 27.9 Å². The zero-order valence-electron chi connectivity index (χ0n) is 18.0. The van der Waals surface area contributed by atoms with Gasteiger partial charge in [0.1, 0.15) is 5.00 Å². The fourth-order valence-electron chi connectivity index (χ4n) is 3.78. The van der Waals surface area contributed by atoms with Crippen molar-refractivity contribution >= 4 is 51.4 Å². The number of nitrogens with zero attached hydrogens (tertiary/aromatic N) is 2. The number of anilines is 1. The minimum absolute atomic E-state index is 0.119. The fraction of sp³-hybridized carbons (Fsp3) is 0.455. The Hall–Kier alpha value is -1.64. The highest BCUT2D eigenvalue weighted by Crippen LogP contribution is 2.34. The van der Waals surface area contributed by atoms with Gasteiger partial charge >= 0.3 is 5.97 Å². The highest BCUT2D eigenvalue weighted by atomic mass is 35.5. The molecule has 0 saturated carbocycles. The molecule has 9 heteroatoms. The molecule has 0 spiro atoms. The number of halogens is 2. The van der Waals surface area contributed by atoms with E-state index in [-0.39, 0.29) is 5.91 Å². The minimum Gasteiger partial charge on any atom is -0.465 e. The number of hydrogen-bond donors (Lipinski definition) is 1. The Morgan fingerprint density at radius 1 is 1.13 bits per heavy atom. The van der Waals surface area contributed by atoms with E-state index >= 15 is 0 Å². The molecule has 1 fully saturated rings. The molecule has 31 heavy (non-hydrogen) atoms. The fourth-order valence-corrected chi connectivity index (χ4v) is 5.25. The molecule has 1 aromatic heterocycles. The summed E-state index contributed by atoms with van der Waals surface area (Å²) in [6.07, 6.45) is 0.712. The van der Waals surface area contributed by atoms with Gasteiger partial charge in [0.15, 0.2) is 0 Å². The van der Waals surface area contributed by atoms with E-state index < -0.39 is 5.97 Å². The Bertz CT molecular complexity index is 956. The molecule has 6 nitrogen and oxygen atoms in total.